The van der Waals surface area contributed by atoms with Crippen molar-refractivity contribution in [3.8, 4) is 0 Å². The molecule has 0 spiro atoms. The molecule has 36 heavy (non-hydrogen) atoms. The number of ether oxygens (including phenoxy) is 1. The lowest BCUT2D eigenvalue weighted by Crippen LogP contribution is -2.56. The Kier molecular flexibility index (Phi) is 9.87. The number of ketones is 1. The molecule has 3 fully saturated rings. The Morgan fingerprint density at radius 3 is 2.33 bits per heavy atom. The monoisotopic (exact) mass is 506 g/mol. The van der Waals surface area contributed by atoms with E-state index in [1.165, 1.54) is 11.8 Å². The molecular weight excluding hydrogens is 464 g/mol. The predicted octanol–water partition coefficient (Wildman–Crippen LogP) is 1.12. The highest BCUT2D eigenvalue weighted by molar-refractivity contribution is 5.94. The highest BCUT2D eigenvalue weighted by Crippen LogP contribution is 2.27. The Labute approximate surface area is 214 Å². The molecule has 0 radical (unpaired) electrons. The normalized spacial score (nSPS) is 27.2. The number of likely N-dealkylation sites (tertiary alicyclic amines) is 3. The van der Waals surface area contributed by atoms with Gasteiger partial charge in [0.05, 0.1) is 19.0 Å². The molecule has 4 unspecified atom stereocenters. The molecule has 0 bridgehead atoms. The van der Waals surface area contributed by atoms with Gasteiger partial charge in [-0.3, -0.25) is 19.2 Å². The Morgan fingerprint density at radius 1 is 0.944 bits per heavy atom. The quantitative estimate of drug-likeness (QED) is 0.466. The van der Waals surface area contributed by atoms with Crippen LogP contribution in [0.2, 0.25) is 0 Å². The van der Waals surface area contributed by atoms with Gasteiger partial charge in [0.25, 0.3) is 0 Å². The summed E-state index contributed by atoms with van der Waals surface area (Å²) < 4.78 is 5.56. The number of nitrogens with one attached hydrogen (secondary N) is 1. The number of hydrogen-bond donors (Lipinski definition) is 1. The molecular formula is C26H42N4O6. The maximum absolute atomic E-state index is 13.5. The first-order valence-electron chi connectivity index (χ1n) is 13.4. The summed E-state index contributed by atoms with van der Waals surface area (Å²) >= 11 is 0. The van der Waals surface area contributed by atoms with E-state index < -0.39 is 30.2 Å². The molecule has 3 rings (SSSR count). The lowest BCUT2D eigenvalue weighted by Gasteiger charge is -2.38. The minimum absolute atomic E-state index is 0.0159. The summed E-state index contributed by atoms with van der Waals surface area (Å²) in [6, 6.07) is -1.65. The van der Waals surface area contributed by atoms with Crippen molar-refractivity contribution in [3.63, 3.8) is 0 Å². The van der Waals surface area contributed by atoms with Gasteiger partial charge in [-0.2, -0.15) is 0 Å². The van der Waals surface area contributed by atoms with Crippen LogP contribution in [0.4, 0.5) is 0 Å². The van der Waals surface area contributed by atoms with Gasteiger partial charge in [-0.05, 0) is 57.9 Å². The van der Waals surface area contributed by atoms with Gasteiger partial charge in [0.1, 0.15) is 18.2 Å². The van der Waals surface area contributed by atoms with E-state index in [4.69, 9.17) is 4.74 Å². The third-order valence-corrected chi connectivity index (χ3v) is 7.53. The van der Waals surface area contributed by atoms with Gasteiger partial charge in [0.2, 0.25) is 17.7 Å². The smallest absolute Gasteiger partial charge is 0.329 e. The van der Waals surface area contributed by atoms with E-state index in [1.54, 1.807) is 16.7 Å². The first kappa shape index (κ1) is 28.1. The lowest BCUT2D eigenvalue weighted by atomic mass is 9.96. The second kappa shape index (κ2) is 12.7. The maximum atomic E-state index is 13.5. The van der Waals surface area contributed by atoms with Crippen molar-refractivity contribution < 1.29 is 28.7 Å². The van der Waals surface area contributed by atoms with Crippen molar-refractivity contribution in [1.82, 2.24) is 20.0 Å². The van der Waals surface area contributed by atoms with E-state index in [2.05, 4.69) is 5.32 Å². The Bertz CT molecular complexity index is 848. The van der Waals surface area contributed by atoms with Crippen molar-refractivity contribution in [2.75, 3.05) is 32.7 Å². The molecule has 0 saturated carbocycles. The van der Waals surface area contributed by atoms with Gasteiger partial charge in [-0.1, -0.05) is 13.8 Å². The molecule has 0 aromatic rings. The third kappa shape index (κ3) is 6.63. The molecule has 5 atom stereocenters. The average molecular weight is 507 g/mol. The second-order valence-corrected chi connectivity index (χ2v) is 10.5. The minimum atomic E-state index is -0.671. The number of nitrogens with zero attached hydrogens (tertiary/aromatic N) is 3. The molecule has 3 heterocycles. The summed E-state index contributed by atoms with van der Waals surface area (Å²) in [6.07, 6.45) is 3.54. The zero-order chi connectivity index (χ0) is 26.4. The van der Waals surface area contributed by atoms with Gasteiger partial charge in [0.15, 0.2) is 5.78 Å². The number of hydrogen-bond acceptors (Lipinski definition) is 7. The summed E-state index contributed by atoms with van der Waals surface area (Å²) in [5.41, 5.74) is 0. The average Bonchev–Trinajstić information content (AvgIpc) is 3.49. The van der Waals surface area contributed by atoms with Crippen LogP contribution >= 0.6 is 0 Å². The molecule has 1 N–H and O–H groups in total. The Balaban J connectivity index is 1.59. The van der Waals surface area contributed by atoms with Crippen LogP contribution in [0.25, 0.3) is 0 Å². The largest absolute Gasteiger partial charge is 0.461 e. The first-order valence-corrected chi connectivity index (χ1v) is 13.4. The summed E-state index contributed by atoms with van der Waals surface area (Å²) in [6.45, 7) is 9.48. The molecule has 3 aliphatic rings. The minimum Gasteiger partial charge on any atom is -0.461 e. The van der Waals surface area contributed by atoms with Crippen molar-refractivity contribution in [3.05, 3.63) is 0 Å². The van der Waals surface area contributed by atoms with Crippen LogP contribution in [0.1, 0.15) is 72.6 Å². The topological polar surface area (TPSA) is 116 Å². The van der Waals surface area contributed by atoms with Gasteiger partial charge in [0, 0.05) is 26.6 Å². The van der Waals surface area contributed by atoms with E-state index in [1.807, 2.05) is 13.8 Å². The zero-order valence-electron chi connectivity index (χ0n) is 22.2. The number of Topliss-reactive ketones (excluding diaryl/α,β-unsaturated/α-hetero) is 1. The number of piperidine rings is 1. The van der Waals surface area contributed by atoms with Crippen molar-refractivity contribution in [2.24, 2.45) is 5.92 Å². The van der Waals surface area contributed by atoms with E-state index in [0.29, 0.717) is 51.9 Å². The van der Waals surface area contributed by atoms with Crippen LogP contribution in [0.3, 0.4) is 0 Å². The van der Waals surface area contributed by atoms with E-state index in [-0.39, 0.29) is 42.4 Å². The van der Waals surface area contributed by atoms with Crippen LogP contribution in [-0.2, 0) is 28.7 Å². The van der Waals surface area contributed by atoms with Crippen LogP contribution in [0.15, 0.2) is 0 Å². The lowest BCUT2D eigenvalue weighted by molar-refractivity contribution is -0.159. The number of esters is 1. The number of carbonyl (C=O) groups excluding carboxylic acids is 5. The fourth-order valence-electron chi connectivity index (χ4n) is 5.71. The fraction of sp³-hybridized carbons (Fsp3) is 0.808. The SMILES string of the molecule is CCNCC(=O)C1CCCCN1C(=O)C1CCCN1C(=O)CC(C)OC(=O)C1C[C@@H](C)CN1C(C)=O. The predicted molar refractivity (Wildman–Crippen MR) is 133 cm³/mol. The zero-order valence-corrected chi connectivity index (χ0v) is 22.2. The molecule has 0 aliphatic carbocycles. The molecule has 3 saturated heterocycles. The van der Waals surface area contributed by atoms with Crippen LogP contribution in [0.5, 0.6) is 0 Å². The summed E-state index contributed by atoms with van der Waals surface area (Å²) in [5, 5.41) is 3.05. The van der Waals surface area contributed by atoms with Crippen molar-refractivity contribution in [1.29, 1.82) is 0 Å². The van der Waals surface area contributed by atoms with E-state index in [9.17, 15) is 24.0 Å². The second-order valence-electron chi connectivity index (χ2n) is 10.5. The molecule has 3 aliphatic heterocycles. The first-order chi connectivity index (χ1) is 17.1. The van der Waals surface area contributed by atoms with Gasteiger partial charge < -0.3 is 24.8 Å². The van der Waals surface area contributed by atoms with Crippen LogP contribution in [0, 0.1) is 5.92 Å². The Hall–Kier alpha value is -2.49. The van der Waals surface area contributed by atoms with Crippen molar-refractivity contribution in [2.45, 2.75) is 96.9 Å². The van der Waals surface area contributed by atoms with Gasteiger partial charge >= 0.3 is 5.97 Å². The van der Waals surface area contributed by atoms with E-state index >= 15 is 0 Å². The summed E-state index contributed by atoms with van der Waals surface area (Å²) in [4.78, 5) is 68.8. The highest BCUT2D eigenvalue weighted by Gasteiger charge is 2.42. The van der Waals surface area contributed by atoms with Gasteiger partial charge in [-0.25, -0.2) is 4.79 Å². The third-order valence-electron chi connectivity index (χ3n) is 7.53. The number of carbonyl (C=O) groups is 5. The fourth-order valence-corrected chi connectivity index (χ4v) is 5.71. The molecule has 3 amide bonds. The summed E-state index contributed by atoms with van der Waals surface area (Å²) in [7, 11) is 0. The molecule has 10 heteroatoms. The van der Waals surface area contributed by atoms with Crippen LogP contribution in [-0.4, -0.2) is 101 Å². The molecule has 10 nitrogen and oxygen atoms in total. The van der Waals surface area contributed by atoms with E-state index in [0.717, 1.165) is 12.8 Å². The number of rotatable bonds is 9. The Morgan fingerprint density at radius 2 is 1.64 bits per heavy atom. The molecule has 0 aromatic carbocycles. The number of amides is 3. The highest BCUT2D eigenvalue weighted by atomic mass is 16.5. The molecule has 202 valence electrons. The van der Waals surface area contributed by atoms with Gasteiger partial charge in [-0.15, -0.1) is 0 Å². The number of likely N-dealkylation sites (N-methyl/N-ethyl adjacent to an activating group) is 1. The maximum Gasteiger partial charge on any atom is 0.329 e. The standard InChI is InChI=1S/C26H42N4O6/c1-5-27-15-23(32)20-9-6-7-11-29(20)25(34)21-10-8-12-28(21)24(33)14-18(3)36-26(35)22-13-17(2)16-30(22)19(4)31/h17-18,20-22,27H,5-16H2,1-4H3/t17-,18?,20?,21?,22?/m1/s1. The van der Waals surface area contributed by atoms with Crippen LogP contribution < -0.4 is 5.32 Å². The summed E-state index contributed by atoms with van der Waals surface area (Å²) in [5.74, 6) is -0.813. The van der Waals surface area contributed by atoms with Crippen molar-refractivity contribution >= 4 is 29.5 Å². The molecule has 0 aromatic heterocycles.